The molecule has 1 unspecified atom stereocenters. The molecule has 1 saturated heterocycles. The third kappa shape index (κ3) is 7.27. The first kappa shape index (κ1) is 32.9. The molecule has 48 heavy (non-hydrogen) atoms. The number of rotatable bonds is 12. The molecule has 8 nitrogen and oxygen atoms in total. The third-order valence-corrected chi connectivity index (χ3v) is 9.90. The van der Waals surface area contributed by atoms with Crippen LogP contribution < -0.4 is 14.4 Å². The summed E-state index contributed by atoms with van der Waals surface area (Å²) in [5, 5.41) is 20.3. The number of ketones is 1. The van der Waals surface area contributed by atoms with Gasteiger partial charge in [-0.3, -0.25) is 14.5 Å². The van der Waals surface area contributed by atoms with Crippen LogP contribution in [0.4, 0.5) is 9.52 Å². The average molecular weight is 682 g/mol. The maximum atomic E-state index is 13.7. The highest BCUT2D eigenvalue weighted by Crippen LogP contribution is 2.44. The topological polar surface area (TPSA) is 102 Å². The van der Waals surface area contributed by atoms with Crippen LogP contribution in [0, 0.1) is 12.7 Å². The van der Waals surface area contributed by atoms with Crippen LogP contribution in [-0.2, 0) is 21.9 Å². The Bertz CT molecular complexity index is 1940. The summed E-state index contributed by atoms with van der Waals surface area (Å²) in [4.78, 5) is 28.6. The number of aliphatic hydroxyl groups excluding tert-OH is 1. The average Bonchev–Trinajstić information content (AvgIpc) is 3.68. The number of Topliss-reactive ketones (excluding diaryl/α,β-unsaturated/α-hetero) is 1. The van der Waals surface area contributed by atoms with Gasteiger partial charge in [-0.05, 0) is 84.1 Å². The summed E-state index contributed by atoms with van der Waals surface area (Å²) in [6, 6.07) is 27.0. The Hall–Kier alpha value is -5.00. The van der Waals surface area contributed by atoms with Crippen LogP contribution in [0.5, 0.6) is 11.5 Å². The Kier molecular flexibility index (Phi) is 10.2. The van der Waals surface area contributed by atoms with Crippen LogP contribution in [-0.4, -0.2) is 33.6 Å². The first-order valence-corrected chi connectivity index (χ1v) is 17.1. The second-order valence-corrected chi connectivity index (χ2v) is 13.3. The van der Waals surface area contributed by atoms with Gasteiger partial charge in [0.1, 0.15) is 29.7 Å². The number of halogens is 1. The van der Waals surface area contributed by atoms with Gasteiger partial charge in [0.05, 0.1) is 18.2 Å². The molecule has 1 atom stereocenters. The lowest BCUT2D eigenvalue weighted by molar-refractivity contribution is -0.132. The molecule has 0 radical (unpaired) electrons. The minimum atomic E-state index is -0.967. The summed E-state index contributed by atoms with van der Waals surface area (Å²) >= 11 is 2.55. The minimum Gasteiger partial charge on any atom is -0.507 e. The predicted octanol–water partition coefficient (Wildman–Crippen LogP) is 8.27. The normalized spacial score (nSPS) is 15.6. The number of ether oxygens (including phenoxy) is 2. The molecule has 2 heterocycles. The fourth-order valence-corrected chi connectivity index (χ4v) is 7.02. The number of aromatic nitrogens is 2. The number of thioether (sulfide) groups is 1. The molecule has 1 amide bonds. The van der Waals surface area contributed by atoms with Crippen molar-refractivity contribution in [2.24, 2.45) is 0 Å². The van der Waals surface area contributed by atoms with Crippen molar-refractivity contribution in [1.82, 2.24) is 10.2 Å². The molecule has 0 aliphatic carbocycles. The van der Waals surface area contributed by atoms with Crippen LogP contribution in [0.3, 0.4) is 0 Å². The fraction of sp³-hybridized carbons (Fsp3) is 0.189. The van der Waals surface area contributed by atoms with Crippen LogP contribution >= 0.6 is 23.1 Å². The fourth-order valence-electron chi connectivity index (χ4n) is 5.19. The van der Waals surface area contributed by atoms with Crippen molar-refractivity contribution in [1.29, 1.82) is 0 Å². The number of hydrogen-bond acceptors (Lipinski definition) is 9. The summed E-state index contributed by atoms with van der Waals surface area (Å²) in [7, 11) is 0. The summed E-state index contributed by atoms with van der Waals surface area (Å²) in [6.07, 6.45) is 0.843. The highest BCUT2D eigenvalue weighted by Gasteiger charge is 2.48. The van der Waals surface area contributed by atoms with Crippen LogP contribution in [0.2, 0.25) is 0 Å². The second-order valence-electron chi connectivity index (χ2n) is 11.1. The van der Waals surface area contributed by atoms with Gasteiger partial charge in [0.15, 0.2) is 4.34 Å². The van der Waals surface area contributed by atoms with E-state index in [-0.39, 0.29) is 22.3 Å². The number of carbonyl (C=O) groups is 2. The molecule has 1 N–H and O–H groups in total. The van der Waals surface area contributed by atoms with Crippen molar-refractivity contribution in [3.63, 3.8) is 0 Å². The molecule has 1 aliphatic heterocycles. The van der Waals surface area contributed by atoms with Gasteiger partial charge in [0.2, 0.25) is 5.13 Å². The molecule has 5 aromatic rings. The largest absolute Gasteiger partial charge is 0.507 e. The van der Waals surface area contributed by atoms with Gasteiger partial charge in [-0.15, -0.1) is 10.2 Å². The summed E-state index contributed by atoms with van der Waals surface area (Å²) in [5.41, 5.74) is 3.97. The molecule has 1 fully saturated rings. The molecule has 1 aliphatic rings. The van der Waals surface area contributed by atoms with Crippen molar-refractivity contribution < 1.29 is 28.6 Å². The molecule has 0 spiro atoms. The van der Waals surface area contributed by atoms with E-state index in [4.69, 9.17) is 9.47 Å². The highest BCUT2D eigenvalue weighted by atomic mass is 32.2. The lowest BCUT2D eigenvalue weighted by Crippen LogP contribution is -2.29. The Morgan fingerprint density at radius 3 is 2.31 bits per heavy atom. The predicted molar refractivity (Wildman–Crippen MR) is 185 cm³/mol. The molecule has 4 aromatic carbocycles. The second kappa shape index (κ2) is 14.8. The Morgan fingerprint density at radius 1 is 0.917 bits per heavy atom. The van der Waals surface area contributed by atoms with Crippen molar-refractivity contribution in [2.75, 3.05) is 11.5 Å². The number of hydrogen-bond donors (Lipinski definition) is 1. The molecule has 244 valence electrons. The van der Waals surface area contributed by atoms with E-state index in [1.165, 1.54) is 28.8 Å². The zero-order valence-corrected chi connectivity index (χ0v) is 27.9. The van der Waals surface area contributed by atoms with Gasteiger partial charge in [-0.25, -0.2) is 4.39 Å². The number of aliphatic hydroxyl groups is 1. The standard InChI is InChI=1S/C37H32FN3O5S2/c1-3-20-45-29-16-10-25(11-17-29)32-31(33(42)26-12-18-30(19-13-26)46-21-27-7-5-4-6-23(27)2)34(43)35(44)41(32)36-39-40-37(48-36)47-22-24-8-14-28(38)15-9-24/h4-19,32,42H,3,20-22H2,1-2H3. The van der Waals surface area contributed by atoms with E-state index in [2.05, 4.69) is 10.2 Å². The van der Waals surface area contributed by atoms with Gasteiger partial charge < -0.3 is 14.6 Å². The van der Waals surface area contributed by atoms with E-state index >= 15 is 0 Å². The molecule has 0 saturated carbocycles. The first-order chi connectivity index (χ1) is 23.3. The van der Waals surface area contributed by atoms with Gasteiger partial charge in [-0.1, -0.05) is 78.6 Å². The van der Waals surface area contributed by atoms with Gasteiger partial charge in [0.25, 0.3) is 5.78 Å². The maximum absolute atomic E-state index is 13.7. The van der Waals surface area contributed by atoms with Crippen molar-refractivity contribution in [3.8, 4) is 11.5 Å². The lowest BCUT2D eigenvalue weighted by Gasteiger charge is -2.22. The van der Waals surface area contributed by atoms with E-state index < -0.39 is 17.7 Å². The molecule has 6 rings (SSSR count). The van der Waals surface area contributed by atoms with E-state index in [1.54, 1.807) is 60.7 Å². The van der Waals surface area contributed by atoms with E-state index in [9.17, 15) is 19.1 Å². The van der Waals surface area contributed by atoms with Crippen LogP contribution in [0.25, 0.3) is 5.76 Å². The summed E-state index contributed by atoms with van der Waals surface area (Å²) in [6.45, 7) is 4.96. The Labute approximate surface area is 285 Å². The van der Waals surface area contributed by atoms with Gasteiger partial charge >= 0.3 is 5.91 Å². The molecular weight excluding hydrogens is 650 g/mol. The SMILES string of the molecule is CCCOc1ccc(C2C(=C(O)c3ccc(OCc4ccccc4C)cc3)C(=O)C(=O)N2c2nnc(SCc3ccc(F)cc3)s2)cc1. The summed E-state index contributed by atoms with van der Waals surface area (Å²) < 4.78 is 25.6. The van der Waals surface area contributed by atoms with E-state index in [0.717, 1.165) is 34.4 Å². The summed E-state index contributed by atoms with van der Waals surface area (Å²) in [5.74, 6) is -0.529. The van der Waals surface area contributed by atoms with Crippen LogP contribution in [0.1, 0.15) is 47.2 Å². The first-order valence-electron chi connectivity index (χ1n) is 15.3. The van der Waals surface area contributed by atoms with Crippen molar-refractivity contribution >= 4 is 45.7 Å². The Morgan fingerprint density at radius 2 is 1.60 bits per heavy atom. The Balaban J connectivity index is 1.30. The zero-order chi connectivity index (χ0) is 33.6. The smallest absolute Gasteiger partial charge is 0.301 e. The van der Waals surface area contributed by atoms with Crippen molar-refractivity contribution in [2.45, 2.75) is 43.0 Å². The number of nitrogens with zero attached hydrogens (tertiary/aromatic N) is 3. The minimum absolute atomic E-state index is 0.0634. The quantitative estimate of drug-likeness (QED) is 0.0462. The molecule has 0 bridgehead atoms. The monoisotopic (exact) mass is 681 g/mol. The third-order valence-electron chi connectivity index (χ3n) is 7.77. The number of benzene rings is 4. The van der Waals surface area contributed by atoms with Crippen LogP contribution in [0.15, 0.2) is 107 Å². The number of aryl methyl sites for hydroxylation is 1. The maximum Gasteiger partial charge on any atom is 0.301 e. The van der Waals surface area contributed by atoms with E-state index in [0.29, 0.717) is 45.9 Å². The zero-order valence-electron chi connectivity index (χ0n) is 26.3. The number of carbonyl (C=O) groups excluding carboxylic acids is 2. The molecule has 1 aromatic heterocycles. The van der Waals surface area contributed by atoms with Crippen molar-refractivity contribution in [3.05, 3.63) is 136 Å². The number of amides is 1. The van der Waals surface area contributed by atoms with E-state index in [1.807, 2.05) is 38.1 Å². The number of anilines is 1. The van der Waals surface area contributed by atoms with Gasteiger partial charge in [0, 0.05) is 11.3 Å². The highest BCUT2D eigenvalue weighted by molar-refractivity contribution is 8.00. The lowest BCUT2D eigenvalue weighted by atomic mass is 9.95. The molecular formula is C37H32FN3O5S2. The van der Waals surface area contributed by atoms with Gasteiger partial charge in [-0.2, -0.15) is 0 Å². The molecule has 11 heteroatoms.